The summed E-state index contributed by atoms with van der Waals surface area (Å²) in [5.74, 6) is 5.19. The van der Waals surface area contributed by atoms with Crippen LogP contribution in [0.4, 0.5) is 4.39 Å². The van der Waals surface area contributed by atoms with E-state index in [1.54, 1.807) is 6.20 Å². The van der Waals surface area contributed by atoms with Crippen LogP contribution in [0.15, 0.2) is 54.9 Å². The first-order valence-electron chi connectivity index (χ1n) is 6.20. The molecule has 1 aromatic carbocycles. The fraction of sp³-hybridized carbons (Fsp3) is 0.0667. The molecule has 3 rings (SSSR count). The van der Waals surface area contributed by atoms with Gasteiger partial charge in [-0.05, 0) is 23.8 Å². The number of halogens is 1. The van der Waals surface area contributed by atoms with E-state index in [1.165, 1.54) is 6.07 Å². The van der Waals surface area contributed by atoms with Crippen LogP contribution >= 0.6 is 0 Å². The van der Waals surface area contributed by atoms with Crippen LogP contribution in [0.25, 0.3) is 10.9 Å². The normalized spacial score (nSPS) is 12.5. The maximum Gasteiger partial charge on any atom is 0.141 e. The molecule has 3 N–H and O–H groups in total. The molecule has 4 nitrogen and oxygen atoms in total. The first-order chi connectivity index (χ1) is 9.78. The van der Waals surface area contributed by atoms with Gasteiger partial charge in [0.05, 0.1) is 23.4 Å². The lowest BCUT2D eigenvalue weighted by Gasteiger charge is -2.16. The monoisotopic (exact) mass is 268 g/mol. The highest BCUT2D eigenvalue weighted by molar-refractivity contribution is 5.78. The van der Waals surface area contributed by atoms with Crippen LogP contribution in [0.1, 0.15) is 17.3 Å². The highest BCUT2D eigenvalue weighted by Crippen LogP contribution is 2.22. The second-order valence-corrected chi connectivity index (χ2v) is 4.46. The Bertz CT molecular complexity index is 745. The van der Waals surface area contributed by atoms with Crippen molar-refractivity contribution in [1.82, 2.24) is 15.4 Å². The van der Waals surface area contributed by atoms with E-state index in [1.807, 2.05) is 36.4 Å². The molecule has 2 aromatic heterocycles. The van der Waals surface area contributed by atoms with E-state index in [4.69, 9.17) is 5.84 Å². The number of fused-ring (bicyclic) bond motifs is 1. The van der Waals surface area contributed by atoms with Crippen molar-refractivity contribution in [3.63, 3.8) is 0 Å². The molecule has 1 unspecified atom stereocenters. The van der Waals surface area contributed by atoms with Gasteiger partial charge in [0.15, 0.2) is 0 Å². The highest BCUT2D eigenvalue weighted by Gasteiger charge is 2.15. The second kappa shape index (κ2) is 5.32. The Morgan fingerprint density at radius 3 is 2.75 bits per heavy atom. The van der Waals surface area contributed by atoms with E-state index in [9.17, 15) is 4.39 Å². The maximum absolute atomic E-state index is 13.3. The third-order valence-corrected chi connectivity index (χ3v) is 3.14. The molecule has 0 bridgehead atoms. The van der Waals surface area contributed by atoms with Crippen LogP contribution < -0.4 is 11.3 Å². The number of para-hydroxylation sites is 1. The van der Waals surface area contributed by atoms with Gasteiger partial charge >= 0.3 is 0 Å². The van der Waals surface area contributed by atoms with Crippen molar-refractivity contribution < 1.29 is 4.39 Å². The summed E-state index contributed by atoms with van der Waals surface area (Å²) in [5.41, 5.74) is 4.88. The Kier molecular flexibility index (Phi) is 3.37. The van der Waals surface area contributed by atoms with Gasteiger partial charge in [-0.15, -0.1) is 0 Å². The number of hydrogen-bond donors (Lipinski definition) is 2. The zero-order chi connectivity index (χ0) is 13.9. The van der Waals surface area contributed by atoms with Gasteiger partial charge in [0.1, 0.15) is 5.82 Å². The van der Waals surface area contributed by atoms with E-state index < -0.39 is 11.9 Å². The molecule has 20 heavy (non-hydrogen) atoms. The molecule has 0 aliphatic carbocycles. The first-order valence-corrected chi connectivity index (χ1v) is 6.20. The minimum Gasteiger partial charge on any atom is -0.271 e. The maximum atomic E-state index is 13.3. The predicted molar refractivity (Wildman–Crippen MR) is 75.1 cm³/mol. The van der Waals surface area contributed by atoms with Crippen LogP contribution in [-0.2, 0) is 0 Å². The number of aromatic nitrogens is 2. The fourth-order valence-electron chi connectivity index (χ4n) is 2.18. The summed E-state index contributed by atoms with van der Waals surface area (Å²) in [6.45, 7) is 0. The molecule has 0 fully saturated rings. The van der Waals surface area contributed by atoms with Gasteiger partial charge in [0.25, 0.3) is 0 Å². The SMILES string of the molecule is NNC(c1cncc(F)c1)c1ccc2ccccc2n1. The Labute approximate surface area is 115 Å². The van der Waals surface area contributed by atoms with Crippen molar-refractivity contribution in [2.45, 2.75) is 6.04 Å². The summed E-state index contributed by atoms with van der Waals surface area (Å²) in [7, 11) is 0. The molecule has 5 heteroatoms. The molecule has 3 aromatic rings. The summed E-state index contributed by atoms with van der Waals surface area (Å²) < 4.78 is 13.3. The van der Waals surface area contributed by atoms with Crippen LogP contribution in [0.5, 0.6) is 0 Å². The smallest absolute Gasteiger partial charge is 0.141 e. The molecule has 0 aliphatic rings. The van der Waals surface area contributed by atoms with Crippen molar-refractivity contribution in [3.8, 4) is 0 Å². The van der Waals surface area contributed by atoms with E-state index in [0.29, 0.717) is 5.56 Å². The van der Waals surface area contributed by atoms with Crippen molar-refractivity contribution >= 4 is 10.9 Å². The Balaban J connectivity index is 2.07. The van der Waals surface area contributed by atoms with E-state index in [-0.39, 0.29) is 0 Å². The lowest BCUT2D eigenvalue weighted by Crippen LogP contribution is -2.29. The van der Waals surface area contributed by atoms with E-state index in [2.05, 4.69) is 15.4 Å². The summed E-state index contributed by atoms with van der Waals surface area (Å²) in [6, 6.07) is 12.6. The number of nitrogens with zero attached hydrogens (tertiary/aromatic N) is 2. The van der Waals surface area contributed by atoms with Crippen molar-refractivity contribution in [2.24, 2.45) is 5.84 Å². The molecule has 2 heterocycles. The lowest BCUT2D eigenvalue weighted by molar-refractivity contribution is 0.592. The molecular weight excluding hydrogens is 255 g/mol. The third kappa shape index (κ3) is 2.36. The number of pyridine rings is 2. The number of benzene rings is 1. The van der Waals surface area contributed by atoms with Gasteiger partial charge < -0.3 is 0 Å². The summed E-state index contributed by atoms with van der Waals surface area (Å²) >= 11 is 0. The van der Waals surface area contributed by atoms with Gasteiger partial charge in [-0.25, -0.2) is 9.82 Å². The predicted octanol–water partition coefficient (Wildman–Crippen LogP) is 2.32. The number of nitrogens with one attached hydrogen (secondary N) is 1. The Morgan fingerprint density at radius 1 is 1.10 bits per heavy atom. The lowest BCUT2D eigenvalue weighted by atomic mass is 10.0. The van der Waals surface area contributed by atoms with Crippen molar-refractivity contribution in [1.29, 1.82) is 0 Å². The molecule has 0 saturated carbocycles. The molecular formula is C15H13FN4. The van der Waals surface area contributed by atoms with Gasteiger partial charge in [0, 0.05) is 11.6 Å². The van der Waals surface area contributed by atoms with Gasteiger partial charge in [-0.2, -0.15) is 0 Å². The Morgan fingerprint density at radius 2 is 1.95 bits per heavy atom. The molecule has 1 atom stereocenters. The van der Waals surface area contributed by atoms with E-state index in [0.717, 1.165) is 22.8 Å². The molecule has 0 spiro atoms. The molecule has 0 amide bonds. The standard InChI is InChI=1S/C15H13FN4/c16-12-7-11(8-18-9-12)15(20-17)14-6-5-10-3-1-2-4-13(10)19-14/h1-9,15,20H,17H2. The van der Waals surface area contributed by atoms with Crippen molar-refractivity contribution in [3.05, 3.63) is 71.9 Å². The first kappa shape index (κ1) is 12.7. The Hall–Kier alpha value is -2.37. The quantitative estimate of drug-likeness (QED) is 0.565. The highest BCUT2D eigenvalue weighted by atomic mass is 19.1. The molecule has 0 radical (unpaired) electrons. The van der Waals surface area contributed by atoms with Crippen molar-refractivity contribution in [2.75, 3.05) is 0 Å². The summed E-state index contributed by atoms with van der Waals surface area (Å²) in [4.78, 5) is 8.40. The minimum absolute atomic E-state index is 0.400. The third-order valence-electron chi connectivity index (χ3n) is 3.14. The number of hydrazine groups is 1. The van der Waals surface area contributed by atoms with Gasteiger partial charge in [0.2, 0.25) is 0 Å². The fourth-order valence-corrected chi connectivity index (χ4v) is 2.18. The van der Waals surface area contributed by atoms with Crippen LogP contribution in [-0.4, -0.2) is 9.97 Å². The van der Waals surface area contributed by atoms with Crippen LogP contribution in [0, 0.1) is 5.82 Å². The number of rotatable bonds is 3. The molecule has 100 valence electrons. The molecule has 0 saturated heterocycles. The van der Waals surface area contributed by atoms with Gasteiger partial charge in [-0.3, -0.25) is 15.8 Å². The number of hydrogen-bond acceptors (Lipinski definition) is 4. The molecule has 0 aliphatic heterocycles. The zero-order valence-electron chi connectivity index (χ0n) is 10.6. The average Bonchev–Trinajstić information content (AvgIpc) is 2.48. The topological polar surface area (TPSA) is 63.8 Å². The average molecular weight is 268 g/mol. The number of nitrogens with two attached hydrogens (primary N) is 1. The zero-order valence-corrected chi connectivity index (χ0v) is 10.6. The largest absolute Gasteiger partial charge is 0.271 e. The van der Waals surface area contributed by atoms with E-state index >= 15 is 0 Å². The summed E-state index contributed by atoms with van der Waals surface area (Å²) in [5, 5.41) is 1.05. The van der Waals surface area contributed by atoms with Gasteiger partial charge in [-0.1, -0.05) is 24.3 Å². The summed E-state index contributed by atoms with van der Waals surface area (Å²) in [6.07, 6.45) is 2.73. The second-order valence-electron chi connectivity index (χ2n) is 4.46. The van der Waals surface area contributed by atoms with Crippen LogP contribution in [0.3, 0.4) is 0 Å². The van der Waals surface area contributed by atoms with Crippen LogP contribution in [0.2, 0.25) is 0 Å². The minimum atomic E-state index is -0.400.